The van der Waals surface area contributed by atoms with Gasteiger partial charge in [0, 0.05) is 25.4 Å². The van der Waals surface area contributed by atoms with Crippen LogP contribution in [0.15, 0.2) is 41.7 Å². The van der Waals surface area contributed by atoms with Crippen molar-refractivity contribution in [3.63, 3.8) is 0 Å². The molecule has 136 valence electrons. The zero-order valence-corrected chi connectivity index (χ0v) is 16.1. The molecule has 5 heteroatoms. The van der Waals surface area contributed by atoms with Gasteiger partial charge < -0.3 is 10.6 Å². The molecule has 0 aliphatic heterocycles. The molecule has 0 aliphatic rings. The summed E-state index contributed by atoms with van der Waals surface area (Å²) in [4.78, 5) is 4.66. The van der Waals surface area contributed by atoms with Crippen LogP contribution in [-0.4, -0.2) is 22.3 Å². The van der Waals surface area contributed by atoms with E-state index in [4.69, 9.17) is 0 Å². The van der Waals surface area contributed by atoms with Crippen LogP contribution in [0.5, 0.6) is 0 Å². The molecule has 0 fully saturated rings. The number of nitrogens with one attached hydrogen (secondary N) is 2. The van der Waals surface area contributed by atoms with Gasteiger partial charge in [0.05, 0.1) is 18.8 Å². The van der Waals surface area contributed by atoms with Crippen LogP contribution in [0.2, 0.25) is 0 Å². The summed E-state index contributed by atoms with van der Waals surface area (Å²) in [6, 6.07) is 9.07. The Hall–Kier alpha value is -2.30. The monoisotopic (exact) mass is 341 g/mol. The zero-order chi connectivity index (χ0) is 18.2. The molecule has 1 unspecified atom stereocenters. The van der Waals surface area contributed by atoms with Crippen LogP contribution in [0.25, 0.3) is 0 Å². The van der Waals surface area contributed by atoms with E-state index in [-0.39, 0.29) is 6.04 Å². The number of hydrogen-bond donors (Lipinski definition) is 2. The summed E-state index contributed by atoms with van der Waals surface area (Å²) in [5, 5.41) is 11.0. The normalized spacial score (nSPS) is 13.1. The van der Waals surface area contributed by atoms with Crippen LogP contribution < -0.4 is 10.6 Å². The van der Waals surface area contributed by atoms with Crippen molar-refractivity contribution in [1.29, 1.82) is 0 Å². The fourth-order valence-electron chi connectivity index (χ4n) is 2.75. The van der Waals surface area contributed by atoms with E-state index in [1.54, 1.807) is 4.68 Å². The molecule has 0 aliphatic carbocycles. The molecule has 0 amide bonds. The Morgan fingerprint density at radius 3 is 2.44 bits per heavy atom. The third-order valence-electron chi connectivity index (χ3n) is 4.00. The van der Waals surface area contributed by atoms with Crippen LogP contribution >= 0.6 is 0 Å². The molecule has 1 atom stereocenters. The van der Waals surface area contributed by atoms with Crippen LogP contribution in [0, 0.1) is 5.92 Å². The van der Waals surface area contributed by atoms with Crippen molar-refractivity contribution in [2.45, 2.75) is 46.7 Å². The van der Waals surface area contributed by atoms with Gasteiger partial charge in [0.1, 0.15) is 0 Å². The Morgan fingerprint density at radius 1 is 1.16 bits per heavy atom. The Labute approximate surface area is 151 Å². The predicted molar refractivity (Wildman–Crippen MR) is 105 cm³/mol. The minimum Gasteiger partial charge on any atom is -0.357 e. The van der Waals surface area contributed by atoms with E-state index in [0.29, 0.717) is 12.5 Å². The van der Waals surface area contributed by atoms with E-state index in [2.05, 4.69) is 72.7 Å². The quantitative estimate of drug-likeness (QED) is 0.599. The molecule has 0 bridgehead atoms. The second kappa shape index (κ2) is 9.25. The van der Waals surface area contributed by atoms with Crippen molar-refractivity contribution in [1.82, 2.24) is 20.4 Å². The fraction of sp³-hybridized carbons (Fsp3) is 0.500. The minimum absolute atomic E-state index is 0.194. The Balaban J connectivity index is 1.99. The van der Waals surface area contributed by atoms with Gasteiger partial charge in [0.15, 0.2) is 5.96 Å². The van der Waals surface area contributed by atoms with Gasteiger partial charge >= 0.3 is 0 Å². The van der Waals surface area contributed by atoms with Crippen molar-refractivity contribution in [3.05, 3.63) is 53.3 Å². The standard InChI is InChI=1S/C20H31N5/c1-6-21-20(22-12-18-13-23-25(5)14-18)24-16(4)19-9-7-17(8-10-19)11-15(2)3/h7-10,13-16H,6,11-12H2,1-5H3,(H2,21,22,24). The molecular formula is C20H31N5. The number of aromatic nitrogens is 2. The van der Waals surface area contributed by atoms with Crippen molar-refractivity contribution < 1.29 is 0 Å². The van der Waals surface area contributed by atoms with Gasteiger partial charge in [0.2, 0.25) is 0 Å². The number of guanidine groups is 1. The van der Waals surface area contributed by atoms with Crippen LogP contribution in [0.4, 0.5) is 0 Å². The highest BCUT2D eigenvalue weighted by atomic mass is 15.2. The first-order chi connectivity index (χ1) is 12.0. The summed E-state index contributed by atoms with van der Waals surface area (Å²) < 4.78 is 1.80. The number of benzene rings is 1. The SMILES string of the molecule is CCNC(=NCc1cnn(C)c1)NC(C)c1ccc(CC(C)C)cc1. The highest BCUT2D eigenvalue weighted by Gasteiger charge is 2.08. The molecule has 0 radical (unpaired) electrons. The topological polar surface area (TPSA) is 54.2 Å². The van der Waals surface area contributed by atoms with Crippen LogP contribution in [0.1, 0.15) is 50.4 Å². The van der Waals surface area contributed by atoms with E-state index in [0.717, 1.165) is 24.5 Å². The highest BCUT2D eigenvalue weighted by molar-refractivity contribution is 5.80. The van der Waals surface area contributed by atoms with Crippen LogP contribution in [-0.2, 0) is 20.0 Å². The summed E-state index contributed by atoms with van der Waals surface area (Å²) in [6.07, 6.45) is 4.96. The third-order valence-corrected chi connectivity index (χ3v) is 4.00. The van der Waals surface area contributed by atoms with Gasteiger partial charge in [-0.2, -0.15) is 5.10 Å². The molecule has 2 aromatic rings. The number of rotatable bonds is 7. The Kier molecular flexibility index (Phi) is 7.04. The zero-order valence-electron chi connectivity index (χ0n) is 16.1. The lowest BCUT2D eigenvalue weighted by Crippen LogP contribution is -2.38. The van der Waals surface area contributed by atoms with Gasteiger partial charge in [-0.1, -0.05) is 38.1 Å². The molecule has 0 saturated carbocycles. The predicted octanol–water partition coefficient (Wildman–Crippen LogP) is 3.43. The average Bonchev–Trinajstić information content (AvgIpc) is 2.98. The summed E-state index contributed by atoms with van der Waals surface area (Å²) >= 11 is 0. The average molecular weight is 342 g/mol. The molecule has 5 nitrogen and oxygen atoms in total. The molecule has 1 aromatic heterocycles. The van der Waals surface area contributed by atoms with E-state index in [1.807, 2.05) is 19.4 Å². The number of aliphatic imine (C=N–C) groups is 1. The fourth-order valence-corrected chi connectivity index (χ4v) is 2.75. The second-order valence-electron chi connectivity index (χ2n) is 6.92. The van der Waals surface area contributed by atoms with Crippen molar-refractivity contribution in [2.24, 2.45) is 18.0 Å². The first kappa shape index (κ1) is 19.0. The largest absolute Gasteiger partial charge is 0.357 e. The Morgan fingerprint density at radius 2 is 1.88 bits per heavy atom. The van der Waals surface area contributed by atoms with E-state index in [9.17, 15) is 0 Å². The maximum atomic E-state index is 4.66. The lowest BCUT2D eigenvalue weighted by atomic mass is 10.00. The molecule has 25 heavy (non-hydrogen) atoms. The van der Waals surface area contributed by atoms with Crippen molar-refractivity contribution in [2.75, 3.05) is 6.54 Å². The third kappa shape index (κ3) is 6.25. The summed E-state index contributed by atoms with van der Waals surface area (Å²) in [7, 11) is 1.92. The summed E-state index contributed by atoms with van der Waals surface area (Å²) in [5.41, 5.74) is 3.76. The summed E-state index contributed by atoms with van der Waals surface area (Å²) in [6.45, 7) is 10.2. The minimum atomic E-state index is 0.194. The number of nitrogens with zero attached hydrogens (tertiary/aromatic N) is 3. The number of aryl methyl sites for hydroxylation is 1. The first-order valence-electron chi connectivity index (χ1n) is 9.09. The van der Waals surface area contributed by atoms with E-state index < -0.39 is 0 Å². The van der Waals surface area contributed by atoms with Gasteiger partial charge in [0.25, 0.3) is 0 Å². The molecule has 1 heterocycles. The molecule has 0 spiro atoms. The number of hydrogen-bond acceptors (Lipinski definition) is 2. The summed E-state index contributed by atoms with van der Waals surface area (Å²) in [5.74, 6) is 1.51. The van der Waals surface area contributed by atoms with Gasteiger partial charge in [-0.05, 0) is 37.3 Å². The van der Waals surface area contributed by atoms with Crippen LogP contribution in [0.3, 0.4) is 0 Å². The maximum Gasteiger partial charge on any atom is 0.192 e. The molecule has 0 saturated heterocycles. The maximum absolute atomic E-state index is 4.66. The van der Waals surface area contributed by atoms with Crippen molar-refractivity contribution in [3.8, 4) is 0 Å². The van der Waals surface area contributed by atoms with Gasteiger partial charge in [-0.15, -0.1) is 0 Å². The molecule has 2 rings (SSSR count). The smallest absolute Gasteiger partial charge is 0.192 e. The second-order valence-corrected chi connectivity index (χ2v) is 6.92. The molecular weight excluding hydrogens is 310 g/mol. The van der Waals surface area contributed by atoms with E-state index >= 15 is 0 Å². The van der Waals surface area contributed by atoms with E-state index in [1.165, 1.54) is 11.1 Å². The van der Waals surface area contributed by atoms with Crippen molar-refractivity contribution >= 4 is 5.96 Å². The Bertz CT molecular complexity index is 670. The highest BCUT2D eigenvalue weighted by Crippen LogP contribution is 2.15. The molecule has 1 aromatic carbocycles. The molecule has 2 N–H and O–H groups in total. The first-order valence-corrected chi connectivity index (χ1v) is 9.09. The van der Waals surface area contributed by atoms with Gasteiger partial charge in [-0.25, -0.2) is 4.99 Å². The lowest BCUT2D eigenvalue weighted by molar-refractivity contribution is 0.645. The van der Waals surface area contributed by atoms with Gasteiger partial charge in [-0.3, -0.25) is 4.68 Å². The lowest BCUT2D eigenvalue weighted by Gasteiger charge is -2.18.